The molecule has 0 aliphatic carbocycles. The molecule has 0 saturated heterocycles. The molecule has 0 atom stereocenters. The second-order valence-corrected chi connectivity index (χ2v) is 2.42. The number of rotatable bonds is 3. The number of nitrogens with one attached hydrogen (secondary N) is 1. The molecule has 74 valence electrons. The van der Waals surface area contributed by atoms with Crippen LogP contribution in [0.2, 0.25) is 0 Å². The molecule has 1 aromatic heterocycles. The number of ether oxygens (including phenoxy) is 1. The Balaban J connectivity index is 3.27. The molecule has 1 rings (SSSR count). The average Bonchev–Trinajstić information content (AvgIpc) is 2.16. The van der Waals surface area contributed by atoms with E-state index in [9.17, 15) is 10.1 Å². The van der Waals surface area contributed by atoms with E-state index in [4.69, 9.17) is 15.9 Å². The predicted molar refractivity (Wildman–Crippen MR) is 48.5 cm³/mol. The number of pyridine rings is 1. The first-order chi connectivity index (χ1) is 6.56. The van der Waals surface area contributed by atoms with Crippen molar-refractivity contribution in [3.05, 3.63) is 27.9 Å². The van der Waals surface area contributed by atoms with E-state index < -0.39 is 4.92 Å². The van der Waals surface area contributed by atoms with Gasteiger partial charge in [-0.2, -0.15) is 0 Å². The van der Waals surface area contributed by atoms with E-state index in [0.29, 0.717) is 0 Å². The van der Waals surface area contributed by atoms with Crippen molar-refractivity contribution >= 4 is 11.5 Å². The van der Waals surface area contributed by atoms with E-state index in [1.54, 1.807) is 0 Å². The second kappa shape index (κ2) is 3.69. The van der Waals surface area contributed by atoms with Crippen LogP contribution in [0.15, 0.2) is 12.3 Å². The molecular formula is C7H8N4O3. The zero-order chi connectivity index (χ0) is 10.7. The van der Waals surface area contributed by atoms with E-state index >= 15 is 0 Å². The molecule has 0 fully saturated rings. The van der Waals surface area contributed by atoms with Gasteiger partial charge in [-0.05, 0) is 0 Å². The van der Waals surface area contributed by atoms with Crippen molar-refractivity contribution in [2.45, 2.75) is 0 Å². The SMILES string of the molecule is COc1ncc([N+](=O)[O-])cc1C(=N)N. The Labute approximate surface area is 79.2 Å². The largest absolute Gasteiger partial charge is 0.480 e. The first kappa shape index (κ1) is 9.90. The monoisotopic (exact) mass is 196 g/mol. The Morgan fingerprint density at radius 2 is 2.43 bits per heavy atom. The number of nitrogen functional groups attached to an aromatic ring is 1. The maximum absolute atomic E-state index is 10.4. The minimum atomic E-state index is -0.612. The van der Waals surface area contributed by atoms with Gasteiger partial charge in [-0.15, -0.1) is 0 Å². The van der Waals surface area contributed by atoms with Crippen molar-refractivity contribution < 1.29 is 9.66 Å². The summed E-state index contributed by atoms with van der Waals surface area (Å²) in [4.78, 5) is 13.4. The van der Waals surface area contributed by atoms with Crippen LogP contribution in [0.3, 0.4) is 0 Å². The van der Waals surface area contributed by atoms with Gasteiger partial charge in [0.2, 0.25) is 5.88 Å². The molecular weight excluding hydrogens is 188 g/mol. The van der Waals surface area contributed by atoms with Crippen LogP contribution in [0.25, 0.3) is 0 Å². The highest BCUT2D eigenvalue weighted by atomic mass is 16.6. The molecule has 0 aromatic carbocycles. The summed E-state index contributed by atoms with van der Waals surface area (Å²) in [6.45, 7) is 0. The normalized spacial score (nSPS) is 9.50. The Morgan fingerprint density at radius 3 is 2.86 bits per heavy atom. The molecule has 14 heavy (non-hydrogen) atoms. The number of nitrogens with two attached hydrogens (primary N) is 1. The lowest BCUT2D eigenvalue weighted by atomic mass is 10.2. The van der Waals surface area contributed by atoms with Gasteiger partial charge in [0.05, 0.1) is 17.6 Å². The quantitative estimate of drug-likeness (QED) is 0.312. The number of hydrogen-bond acceptors (Lipinski definition) is 5. The Hall–Kier alpha value is -2.18. The number of nitrogens with zero attached hydrogens (tertiary/aromatic N) is 2. The van der Waals surface area contributed by atoms with Crippen molar-refractivity contribution in [1.82, 2.24) is 4.98 Å². The van der Waals surface area contributed by atoms with Crippen molar-refractivity contribution in [2.24, 2.45) is 5.73 Å². The van der Waals surface area contributed by atoms with E-state index in [1.807, 2.05) is 0 Å². The van der Waals surface area contributed by atoms with Crippen LogP contribution in [-0.2, 0) is 0 Å². The summed E-state index contributed by atoms with van der Waals surface area (Å²) in [5, 5.41) is 17.5. The van der Waals surface area contributed by atoms with Gasteiger partial charge in [0, 0.05) is 6.07 Å². The minimum absolute atomic E-state index is 0.100. The molecule has 7 nitrogen and oxygen atoms in total. The standard InChI is InChI=1S/C7H8N4O3/c1-14-7-5(6(8)9)2-4(3-10-7)11(12)13/h2-3H,1H3,(H3,8,9). The zero-order valence-electron chi connectivity index (χ0n) is 7.35. The molecule has 0 spiro atoms. The van der Waals surface area contributed by atoms with Gasteiger partial charge in [0.1, 0.15) is 12.0 Å². The molecule has 3 N–H and O–H groups in total. The van der Waals surface area contributed by atoms with E-state index in [0.717, 1.165) is 12.3 Å². The average molecular weight is 196 g/mol. The molecule has 0 saturated carbocycles. The van der Waals surface area contributed by atoms with Gasteiger partial charge in [0.15, 0.2) is 0 Å². The van der Waals surface area contributed by atoms with Crippen LogP contribution in [-0.4, -0.2) is 22.9 Å². The van der Waals surface area contributed by atoms with E-state index in [2.05, 4.69) is 4.98 Å². The Bertz CT molecular complexity index is 391. The Morgan fingerprint density at radius 1 is 1.79 bits per heavy atom. The fraction of sp³-hybridized carbons (Fsp3) is 0.143. The van der Waals surface area contributed by atoms with Gasteiger partial charge in [-0.3, -0.25) is 15.5 Å². The van der Waals surface area contributed by atoms with Crippen LogP contribution in [0.5, 0.6) is 5.88 Å². The third kappa shape index (κ3) is 1.76. The first-order valence-corrected chi connectivity index (χ1v) is 3.59. The maximum Gasteiger partial charge on any atom is 0.288 e. The van der Waals surface area contributed by atoms with Crippen LogP contribution in [0.4, 0.5) is 5.69 Å². The van der Waals surface area contributed by atoms with Crippen LogP contribution >= 0.6 is 0 Å². The Kier molecular flexibility index (Phi) is 2.61. The van der Waals surface area contributed by atoms with Crippen molar-refractivity contribution in [1.29, 1.82) is 5.41 Å². The highest BCUT2D eigenvalue weighted by molar-refractivity contribution is 5.97. The van der Waals surface area contributed by atoms with E-state index in [-0.39, 0.29) is 23.0 Å². The first-order valence-electron chi connectivity index (χ1n) is 3.59. The topological polar surface area (TPSA) is 115 Å². The summed E-state index contributed by atoms with van der Waals surface area (Å²) in [7, 11) is 1.35. The molecule has 7 heteroatoms. The number of aromatic nitrogens is 1. The summed E-state index contributed by atoms with van der Waals surface area (Å²) in [6.07, 6.45) is 1.05. The molecule has 1 aromatic rings. The highest BCUT2D eigenvalue weighted by Crippen LogP contribution is 2.19. The van der Waals surface area contributed by atoms with Crippen molar-refractivity contribution in [2.75, 3.05) is 7.11 Å². The van der Waals surface area contributed by atoms with Crippen LogP contribution in [0, 0.1) is 15.5 Å². The van der Waals surface area contributed by atoms with Gasteiger partial charge in [-0.25, -0.2) is 4.98 Å². The number of hydrogen-bond donors (Lipinski definition) is 2. The summed E-state index contributed by atoms with van der Waals surface area (Å²) in [6, 6.07) is 1.15. The van der Waals surface area contributed by atoms with Crippen LogP contribution < -0.4 is 10.5 Å². The zero-order valence-corrected chi connectivity index (χ0v) is 7.35. The second-order valence-electron chi connectivity index (χ2n) is 2.42. The fourth-order valence-corrected chi connectivity index (χ4v) is 0.897. The summed E-state index contributed by atoms with van der Waals surface area (Å²) in [5.74, 6) is -0.221. The summed E-state index contributed by atoms with van der Waals surface area (Å²) in [5.41, 5.74) is 5.09. The molecule has 1 heterocycles. The number of amidine groups is 1. The van der Waals surface area contributed by atoms with Crippen LogP contribution in [0.1, 0.15) is 5.56 Å². The smallest absolute Gasteiger partial charge is 0.288 e. The molecule has 0 amide bonds. The third-order valence-electron chi connectivity index (χ3n) is 1.53. The van der Waals surface area contributed by atoms with E-state index in [1.165, 1.54) is 7.11 Å². The number of methoxy groups -OCH3 is 1. The van der Waals surface area contributed by atoms with Gasteiger partial charge in [-0.1, -0.05) is 0 Å². The lowest BCUT2D eigenvalue weighted by molar-refractivity contribution is -0.385. The van der Waals surface area contributed by atoms with Gasteiger partial charge >= 0.3 is 0 Å². The third-order valence-corrected chi connectivity index (χ3v) is 1.53. The maximum atomic E-state index is 10.4. The molecule has 0 unspecified atom stereocenters. The molecule has 0 aliphatic heterocycles. The molecule has 0 aliphatic rings. The van der Waals surface area contributed by atoms with Crippen molar-refractivity contribution in [3.63, 3.8) is 0 Å². The fourth-order valence-electron chi connectivity index (χ4n) is 0.897. The number of nitro groups is 1. The molecule has 0 bridgehead atoms. The minimum Gasteiger partial charge on any atom is -0.480 e. The van der Waals surface area contributed by atoms with Gasteiger partial charge in [0.25, 0.3) is 5.69 Å². The lowest BCUT2D eigenvalue weighted by Crippen LogP contribution is -2.13. The van der Waals surface area contributed by atoms with Gasteiger partial charge < -0.3 is 10.5 Å². The summed E-state index contributed by atoms with van der Waals surface area (Å²) >= 11 is 0. The highest BCUT2D eigenvalue weighted by Gasteiger charge is 2.14. The summed E-state index contributed by atoms with van der Waals surface area (Å²) < 4.78 is 4.79. The van der Waals surface area contributed by atoms with Crippen molar-refractivity contribution in [3.8, 4) is 5.88 Å². The predicted octanol–water partition coefficient (Wildman–Crippen LogP) is 0.282. The molecule has 0 radical (unpaired) electrons. The lowest BCUT2D eigenvalue weighted by Gasteiger charge is -2.04.